The number of rotatable bonds is 2. The highest BCUT2D eigenvalue weighted by Gasteiger charge is 2.32. The van der Waals surface area contributed by atoms with Gasteiger partial charge in [0.2, 0.25) is 0 Å². The molecule has 2 aliphatic heterocycles. The van der Waals surface area contributed by atoms with E-state index in [2.05, 4.69) is 54.7 Å². The predicted octanol–water partition coefficient (Wildman–Crippen LogP) is 4.92. The van der Waals surface area contributed by atoms with E-state index in [4.69, 9.17) is 9.84 Å². The number of anilines is 1. The zero-order chi connectivity index (χ0) is 20.5. The third-order valence-corrected chi connectivity index (χ3v) is 6.68. The molecule has 5 rings (SSSR count). The maximum Gasteiger partial charge on any atom is 0.342 e. The van der Waals surface area contributed by atoms with E-state index < -0.39 is 0 Å². The molecule has 0 aromatic heterocycles. The molecule has 1 saturated heterocycles. The number of nitrogens with zero attached hydrogens (tertiary/aromatic N) is 2. The van der Waals surface area contributed by atoms with Gasteiger partial charge < -0.3 is 10.1 Å². The van der Waals surface area contributed by atoms with Crippen LogP contribution in [-0.4, -0.2) is 36.0 Å². The Bertz CT molecular complexity index is 951. The molecule has 5 nitrogen and oxygen atoms in total. The van der Waals surface area contributed by atoms with Crippen LogP contribution in [0.5, 0.6) is 0 Å². The van der Waals surface area contributed by atoms with Gasteiger partial charge in [0.25, 0.3) is 0 Å². The molecule has 3 aliphatic rings. The molecule has 5 heteroatoms. The van der Waals surface area contributed by atoms with E-state index >= 15 is 0 Å². The van der Waals surface area contributed by atoms with E-state index in [-0.39, 0.29) is 12.1 Å². The molecule has 2 aromatic carbocycles. The van der Waals surface area contributed by atoms with Crippen LogP contribution in [0.25, 0.3) is 0 Å². The van der Waals surface area contributed by atoms with Crippen LogP contribution in [0, 0.1) is 12.8 Å². The quantitative estimate of drug-likeness (QED) is 0.724. The standard InChI is InChI=1S/C25H29N3O2/c1-17-6-11-22-23(16-17)26-25(29)28(27-24(22)20-12-14-30-15-13-20)21-9-7-18-4-2-3-5-19(18)8-10-21/h2-6,11,16,20-21H,7-10,12-15H2,1H3,(H,26,29). The first-order valence-corrected chi connectivity index (χ1v) is 11.1. The number of benzene rings is 2. The SMILES string of the molecule is Cc1ccc2c(c1)NC(=O)N(C1CCc3ccccc3CC1)N=C2C1CCOCC1. The maximum absolute atomic E-state index is 13.3. The van der Waals surface area contributed by atoms with Crippen LogP contribution >= 0.6 is 0 Å². The Balaban J connectivity index is 1.50. The van der Waals surface area contributed by atoms with Gasteiger partial charge in [0.1, 0.15) is 0 Å². The average molecular weight is 404 g/mol. The minimum absolute atomic E-state index is 0.0997. The van der Waals surface area contributed by atoms with Crippen LogP contribution < -0.4 is 5.32 Å². The Morgan fingerprint density at radius 2 is 1.70 bits per heavy atom. The molecule has 156 valence electrons. The monoisotopic (exact) mass is 403 g/mol. The summed E-state index contributed by atoms with van der Waals surface area (Å²) in [6.07, 6.45) is 5.74. The number of aryl methyl sites for hydroxylation is 3. The van der Waals surface area contributed by atoms with Crippen molar-refractivity contribution >= 4 is 17.4 Å². The van der Waals surface area contributed by atoms with Crippen LogP contribution in [0.1, 0.15) is 47.9 Å². The Hall–Kier alpha value is -2.66. The van der Waals surface area contributed by atoms with Crippen molar-refractivity contribution in [1.82, 2.24) is 5.01 Å². The van der Waals surface area contributed by atoms with E-state index in [0.29, 0.717) is 5.92 Å². The second-order valence-corrected chi connectivity index (χ2v) is 8.70. The molecule has 30 heavy (non-hydrogen) atoms. The van der Waals surface area contributed by atoms with Gasteiger partial charge in [0.05, 0.1) is 17.4 Å². The van der Waals surface area contributed by atoms with Gasteiger partial charge in [0, 0.05) is 24.7 Å². The summed E-state index contributed by atoms with van der Waals surface area (Å²) >= 11 is 0. The number of hydrogen-bond acceptors (Lipinski definition) is 3. The smallest absolute Gasteiger partial charge is 0.342 e. The number of hydrogen-bond donors (Lipinski definition) is 1. The van der Waals surface area contributed by atoms with E-state index in [1.807, 2.05) is 0 Å². The third kappa shape index (κ3) is 3.74. The van der Waals surface area contributed by atoms with E-state index in [0.717, 1.165) is 74.3 Å². The lowest BCUT2D eigenvalue weighted by atomic mass is 9.89. The van der Waals surface area contributed by atoms with Crippen molar-refractivity contribution in [3.63, 3.8) is 0 Å². The molecule has 0 unspecified atom stereocenters. The maximum atomic E-state index is 13.3. The van der Waals surface area contributed by atoms with Crippen LogP contribution in [0.3, 0.4) is 0 Å². The van der Waals surface area contributed by atoms with E-state index in [1.165, 1.54) is 11.1 Å². The van der Waals surface area contributed by atoms with Crippen molar-refractivity contribution in [2.75, 3.05) is 18.5 Å². The molecule has 0 spiro atoms. The van der Waals surface area contributed by atoms with Crippen molar-refractivity contribution < 1.29 is 9.53 Å². The first-order valence-electron chi connectivity index (χ1n) is 11.1. The van der Waals surface area contributed by atoms with Crippen LogP contribution in [0.2, 0.25) is 0 Å². The summed E-state index contributed by atoms with van der Waals surface area (Å²) in [4.78, 5) is 13.3. The number of nitrogens with one attached hydrogen (secondary N) is 1. The predicted molar refractivity (Wildman–Crippen MR) is 119 cm³/mol. The third-order valence-electron chi connectivity index (χ3n) is 6.68. The number of carbonyl (C=O) groups is 1. The van der Waals surface area contributed by atoms with Crippen molar-refractivity contribution in [1.29, 1.82) is 0 Å². The van der Waals surface area contributed by atoms with Gasteiger partial charge in [-0.05, 0) is 68.2 Å². The first-order chi connectivity index (χ1) is 14.7. The van der Waals surface area contributed by atoms with Gasteiger partial charge in [-0.15, -0.1) is 0 Å². The van der Waals surface area contributed by atoms with Crippen molar-refractivity contribution in [3.8, 4) is 0 Å². The Labute approximate surface area is 178 Å². The molecule has 0 bridgehead atoms. The van der Waals surface area contributed by atoms with Gasteiger partial charge in [0.15, 0.2) is 0 Å². The normalized spacial score (nSPS) is 20.5. The highest BCUT2D eigenvalue weighted by Crippen LogP contribution is 2.32. The summed E-state index contributed by atoms with van der Waals surface area (Å²) in [7, 11) is 0. The Morgan fingerprint density at radius 3 is 2.40 bits per heavy atom. The number of fused-ring (bicyclic) bond motifs is 2. The van der Waals surface area contributed by atoms with Crippen molar-refractivity contribution in [2.45, 2.75) is 51.5 Å². The van der Waals surface area contributed by atoms with E-state index in [9.17, 15) is 4.79 Å². The number of ether oxygens (including phenoxy) is 1. The van der Waals surface area contributed by atoms with Gasteiger partial charge >= 0.3 is 6.03 Å². The largest absolute Gasteiger partial charge is 0.381 e. The van der Waals surface area contributed by atoms with Crippen LogP contribution in [-0.2, 0) is 17.6 Å². The van der Waals surface area contributed by atoms with E-state index in [1.54, 1.807) is 5.01 Å². The highest BCUT2D eigenvalue weighted by molar-refractivity contribution is 6.11. The van der Waals surface area contributed by atoms with Crippen LogP contribution in [0.4, 0.5) is 10.5 Å². The van der Waals surface area contributed by atoms with Gasteiger partial charge in [-0.25, -0.2) is 9.80 Å². The Morgan fingerprint density at radius 1 is 1.00 bits per heavy atom. The fourth-order valence-corrected chi connectivity index (χ4v) is 4.97. The molecule has 2 heterocycles. The summed E-state index contributed by atoms with van der Waals surface area (Å²) in [5, 5.41) is 9.98. The Kier molecular flexibility index (Phi) is 5.30. The lowest BCUT2D eigenvalue weighted by molar-refractivity contribution is 0.0823. The molecule has 0 radical (unpaired) electrons. The average Bonchev–Trinajstić information content (AvgIpc) is 3.06. The molecular weight excluding hydrogens is 374 g/mol. The van der Waals surface area contributed by atoms with Gasteiger partial charge in [-0.3, -0.25) is 0 Å². The minimum Gasteiger partial charge on any atom is -0.381 e. The minimum atomic E-state index is -0.111. The summed E-state index contributed by atoms with van der Waals surface area (Å²) in [6, 6.07) is 14.9. The second kappa shape index (κ2) is 8.23. The molecule has 1 aliphatic carbocycles. The molecule has 2 amide bonds. The van der Waals surface area contributed by atoms with Crippen LogP contribution in [0.15, 0.2) is 47.6 Å². The first kappa shape index (κ1) is 19.3. The zero-order valence-corrected chi connectivity index (χ0v) is 17.6. The lowest BCUT2D eigenvalue weighted by Gasteiger charge is -2.28. The topological polar surface area (TPSA) is 53.9 Å². The zero-order valence-electron chi connectivity index (χ0n) is 17.6. The number of carbonyl (C=O) groups excluding carboxylic acids is 1. The second-order valence-electron chi connectivity index (χ2n) is 8.70. The van der Waals surface area contributed by atoms with Crippen molar-refractivity contribution in [3.05, 3.63) is 64.7 Å². The number of urea groups is 1. The fraction of sp³-hybridized carbons (Fsp3) is 0.440. The molecule has 2 aromatic rings. The van der Waals surface area contributed by atoms with Crippen molar-refractivity contribution in [2.24, 2.45) is 11.0 Å². The molecule has 1 N–H and O–H groups in total. The highest BCUT2D eigenvalue weighted by atomic mass is 16.5. The summed E-state index contributed by atoms with van der Waals surface area (Å²) in [6.45, 7) is 3.57. The summed E-state index contributed by atoms with van der Waals surface area (Å²) in [5.41, 5.74) is 6.92. The van der Waals surface area contributed by atoms with Gasteiger partial charge in [-0.2, -0.15) is 5.10 Å². The lowest BCUT2D eigenvalue weighted by Crippen LogP contribution is -2.39. The molecule has 0 saturated carbocycles. The molecule has 1 fully saturated rings. The summed E-state index contributed by atoms with van der Waals surface area (Å²) in [5.74, 6) is 0.318. The van der Waals surface area contributed by atoms with Gasteiger partial charge in [-0.1, -0.05) is 36.4 Å². The number of hydrazone groups is 1. The fourth-order valence-electron chi connectivity index (χ4n) is 4.97. The number of amides is 2. The summed E-state index contributed by atoms with van der Waals surface area (Å²) < 4.78 is 5.59. The molecular formula is C25H29N3O2. The molecule has 0 atom stereocenters.